The number of imide groups is 1. The molecule has 0 fully saturated rings. The summed E-state index contributed by atoms with van der Waals surface area (Å²) < 4.78 is 0. The molecular formula is C16H12BrNO2S. The molecule has 1 aromatic carbocycles. The van der Waals surface area contributed by atoms with Crippen molar-refractivity contribution in [2.45, 2.75) is 12.8 Å². The molecule has 3 rings (SSSR count). The molecule has 0 spiro atoms. The number of nitrogens with one attached hydrogen (secondary N) is 1. The Hall–Kier alpha value is -1.59. The third-order valence-electron chi connectivity index (χ3n) is 3.65. The van der Waals surface area contributed by atoms with E-state index < -0.39 is 0 Å². The SMILES string of the molecule is O=C1NC(=O)c2c(CC3=CC(CBr)=CCC3=S)cccc21. The molecular weight excluding hydrogens is 350 g/mol. The van der Waals surface area contributed by atoms with E-state index in [4.69, 9.17) is 12.2 Å². The number of allylic oxidation sites excluding steroid dienone is 4. The molecule has 3 nitrogen and oxygen atoms in total. The molecule has 0 bridgehead atoms. The topological polar surface area (TPSA) is 46.2 Å². The molecule has 1 heterocycles. The third-order valence-corrected chi connectivity index (χ3v) is 4.73. The van der Waals surface area contributed by atoms with Crippen LogP contribution in [0.25, 0.3) is 0 Å². The van der Waals surface area contributed by atoms with Crippen molar-refractivity contribution in [2.75, 3.05) is 5.33 Å². The molecule has 0 aromatic heterocycles. The molecule has 2 aliphatic rings. The fourth-order valence-electron chi connectivity index (χ4n) is 2.60. The predicted octanol–water partition coefficient (Wildman–Crippen LogP) is 3.13. The lowest BCUT2D eigenvalue weighted by Gasteiger charge is -2.15. The number of carbonyl (C=O) groups is 2. The first-order valence-corrected chi connectivity index (χ1v) is 8.09. The summed E-state index contributed by atoms with van der Waals surface area (Å²) in [6.07, 6.45) is 5.50. The minimum Gasteiger partial charge on any atom is -0.288 e. The van der Waals surface area contributed by atoms with E-state index in [1.165, 1.54) is 5.57 Å². The van der Waals surface area contributed by atoms with Crippen molar-refractivity contribution in [3.63, 3.8) is 0 Å². The van der Waals surface area contributed by atoms with E-state index in [9.17, 15) is 9.59 Å². The maximum absolute atomic E-state index is 11.9. The highest BCUT2D eigenvalue weighted by molar-refractivity contribution is 9.09. The molecule has 0 saturated carbocycles. The first kappa shape index (κ1) is 14.4. The lowest BCUT2D eigenvalue weighted by Crippen LogP contribution is -2.20. The molecule has 5 heteroatoms. The van der Waals surface area contributed by atoms with Crippen LogP contribution in [0, 0.1) is 0 Å². The van der Waals surface area contributed by atoms with Gasteiger partial charge in [0.1, 0.15) is 0 Å². The predicted molar refractivity (Wildman–Crippen MR) is 89.1 cm³/mol. The fourth-order valence-corrected chi connectivity index (χ4v) is 3.21. The van der Waals surface area contributed by atoms with Crippen LogP contribution in [0.15, 0.2) is 41.5 Å². The number of hydrogen-bond acceptors (Lipinski definition) is 3. The van der Waals surface area contributed by atoms with E-state index in [1.54, 1.807) is 12.1 Å². The van der Waals surface area contributed by atoms with Gasteiger partial charge in [-0.05, 0) is 29.2 Å². The number of halogens is 1. The van der Waals surface area contributed by atoms with Crippen LogP contribution < -0.4 is 5.32 Å². The van der Waals surface area contributed by atoms with Crippen LogP contribution in [-0.4, -0.2) is 22.0 Å². The summed E-state index contributed by atoms with van der Waals surface area (Å²) in [6.45, 7) is 0. The Morgan fingerprint density at radius 1 is 1.24 bits per heavy atom. The first-order chi connectivity index (χ1) is 10.1. The Labute approximate surface area is 136 Å². The smallest absolute Gasteiger partial charge is 0.259 e. The van der Waals surface area contributed by atoms with Crippen LogP contribution in [0.4, 0.5) is 0 Å². The minimum absolute atomic E-state index is 0.316. The standard InChI is InChI=1S/C16H12BrNO2S/c17-8-9-4-5-13(21)11(6-9)7-10-2-1-3-12-14(10)16(20)18-15(12)19/h1-4,6H,5,7-8H2,(H,18,19,20). The summed E-state index contributed by atoms with van der Waals surface area (Å²) in [4.78, 5) is 24.5. The second kappa shape index (κ2) is 5.66. The number of thiocarbonyl (C=S) groups is 1. The molecule has 1 aliphatic carbocycles. The molecule has 0 atom stereocenters. The van der Waals surface area contributed by atoms with Gasteiger partial charge in [-0.3, -0.25) is 14.9 Å². The number of amides is 2. The number of hydrogen-bond donors (Lipinski definition) is 1. The van der Waals surface area contributed by atoms with Gasteiger partial charge in [0.2, 0.25) is 0 Å². The fraction of sp³-hybridized carbons (Fsp3) is 0.188. The van der Waals surface area contributed by atoms with Crippen LogP contribution >= 0.6 is 28.1 Å². The van der Waals surface area contributed by atoms with Gasteiger partial charge in [-0.25, -0.2) is 0 Å². The van der Waals surface area contributed by atoms with Crippen molar-refractivity contribution in [1.29, 1.82) is 0 Å². The van der Waals surface area contributed by atoms with Crippen LogP contribution in [-0.2, 0) is 6.42 Å². The second-order valence-electron chi connectivity index (χ2n) is 5.01. The minimum atomic E-state index is -0.321. The maximum atomic E-state index is 11.9. The van der Waals surface area contributed by atoms with Crippen LogP contribution in [0.3, 0.4) is 0 Å². The summed E-state index contributed by atoms with van der Waals surface area (Å²) in [6, 6.07) is 5.36. The highest BCUT2D eigenvalue weighted by Crippen LogP contribution is 2.26. The molecule has 0 radical (unpaired) electrons. The molecule has 106 valence electrons. The quantitative estimate of drug-likeness (QED) is 0.511. The van der Waals surface area contributed by atoms with Crippen molar-refractivity contribution < 1.29 is 9.59 Å². The van der Waals surface area contributed by atoms with Crippen molar-refractivity contribution in [1.82, 2.24) is 5.32 Å². The number of benzene rings is 1. The van der Waals surface area contributed by atoms with Crippen LogP contribution in [0.5, 0.6) is 0 Å². The number of carbonyl (C=O) groups excluding carboxylic acids is 2. The summed E-state index contributed by atoms with van der Waals surface area (Å²) in [5.74, 6) is -0.637. The van der Waals surface area contributed by atoms with Gasteiger partial charge in [0, 0.05) is 16.6 Å². The Kier molecular flexibility index (Phi) is 3.87. The van der Waals surface area contributed by atoms with Crippen LogP contribution in [0.2, 0.25) is 0 Å². The summed E-state index contributed by atoms with van der Waals surface area (Å²) in [5.41, 5.74) is 4.02. The normalized spacial score (nSPS) is 17.3. The van der Waals surface area contributed by atoms with Gasteiger partial charge in [-0.15, -0.1) is 0 Å². The largest absolute Gasteiger partial charge is 0.288 e. The van der Waals surface area contributed by atoms with E-state index >= 15 is 0 Å². The van der Waals surface area contributed by atoms with Gasteiger partial charge >= 0.3 is 0 Å². The van der Waals surface area contributed by atoms with E-state index in [2.05, 4.69) is 33.4 Å². The van der Waals surface area contributed by atoms with E-state index in [0.717, 1.165) is 27.8 Å². The molecule has 0 saturated heterocycles. The molecule has 2 amide bonds. The molecule has 1 N–H and O–H groups in total. The first-order valence-electron chi connectivity index (χ1n) is 6.56. The Bertz CT molecular complexity index is 734. The highest BCUT2D eigenvalue weighted by atomic mass is 79.9. The summed E-state index contributed by atoms with van der Waals surface area (Å²) in [7, 11) is 0. The van der Waals surface area contributed by atoms with Crippen LogP contribution in [0.1, 0.15) is 32.7 Å². The van der Waals surface area contributed by atoms with Gasteiger partial charge in [0.25, 0.3) is 11.8 Å². The molecule has 1 aliphatic heterocycles. The molecule has 1 aromatic rings. The average molecular weight is 362 g/mol. The Morgan fingerprint density at radius 3 is 2.81 bits per heavy atom. The lowest BCUT2D eigenvalue weighted by atomic mass is 9.91. The van der Waals surface area contributed by atoms with Crippen molar-refractivity contribution in [2.24, 2.45) is 0 Å². The zero-order chi connectivity index (χ0) is 15.0. The Morgan fingerprint density at radius 2 is 2.05 bits per heavy atom. The zero-order valence-electron chi connectivity index (χ0n) is 11.1. The van der Waals surface area contributed by atoms with E-state index in [-0.39, 0.29) is 11.8 Å². The van der Waals surface area contributed by atoms with Gasteiger partial charge < -0.3 is 0 Å². The van der Waals surface area contributed by atoms with Gasteiger partial charge in [-0.2, -0.15) is 0 Å². The third kappa shape index (κ3) is 2.63. The number of alkyl halides is 1. The van der Waals surface area contributed by atoms with Gasteiger partial charge in [0.05, 0.1) is 11.1 Å². The highest BCUT2D eigenvalue weighted by Gasteiger charge is 2.29. The second-order valence-corrected chi connectivity index (χ2v) is 6.06. The molecule has 21 heavy (non-hydrogen) atoms. The summed E-state index contributed by atoms with van der Waals surface area (Å²) in [5, 5.41) is 3.12. The number of fused-ring (bicyclic) bond motifs is 1. The van der Waals surface area contributed by atoms with Gasteiger partial charge in [-0.1, -0.05) is 52.4 Å². The van der Waals surface area contributed by atoms with E-state index in [0.29, 0.717) is 17.5 Å². The van der Waals surface area contributed by atoms with Gasteiger partial charge in [0.15, 0.2) is 0 Å². The zero-order valence-corrected chi connectivity index (χ0v) is 13.5. The maximum Gasteiger partial charge on any atom is 0.259 e. The number of rotatable bonds is 3. The molecule has 0 unspecified atom stereocenters. The monoisotopic (exact) mass is 361 g/mol. The van der Waals surface area contributed by atoms with Crippen molar-refractivity contribution in [3.8, 4) is 0 Å². The summed E-state index contributed by atoms with van der Waals surface area (Å²) >= 11 is 8.86. The van der Waals surface area contributed by atoms with Crippen molar-refractivity contribution in [3.05, 3.63) is 58.2 Å². The van der Waals surface area contributed by atoms with E-state index in [1.807, 2.05) is 6.07 Å². The van der Waals surface area contributed by atoms with Crippen molar-refractivity contribution >= 4 is 44.8 Å². The average Bonchev–Trinajstić information content (AvgIpc) is 2.77. The lowest BCUT2D eigenvalue weighted by molar-refractivity contribution is 0.0879. The Balaban J connectivity index is 1.99.